The van der Waals surface area contributed by atoms with Crippen molar-refractivity contribution in [3.8, 4) is 0 Å². The molecule has 2 fully saturated rings. The number of ether oxygens (including phenoxy) is 1. The predicted molar refractivity (Wildman–Crippen MR) is 151 cm³/mol. The Balaban J connectivity index is 1.71. The molecule has 7 nitrogen and oxygen atoms in total. The Bertz CT molecular complexity index is 1050. The third-order valence-corrected chi connectivity index (χ3v) is 9.84. The lowest BCUT2D eigenvalue weighted by atomic mass is 9.78. The van der Waals surface area contributed by atoms with E-state index in [9.17, 15) is 23.4 Å². The van der Waals surface area contributed by atoms with Crippen LogP contribution in [0.15, 0.2) is 53.5 Å². The van der Waals surface area contributed by atoms with Gasteiger partial charge in [-0.05, 0) is 68.9 Å². The lowest BCUT2D eigenvalue weighted by Gasteiger charge is -2.30. The number of benzene rings is 1. The van der Waals surface area contributed by atoms with Crippen LogP contribution in [0.25, 0.3) is 0 Å². The number of aliphatic hydroxyl groups excluding tert-OH is 2. The molecule has 0 radical (unpaired) electrons. The van der Waals surface area contributed by atoms with Crippen LogP contribution in [0.5, 0.6) is 0 Å². The molecule has 0 unspecified atom stereocenters. The van der Waals surface area contributed by atoms with E-state index >= 15 is 0 Å². The minimum absolute atomic E-state index is 0.0942. The van der Waals surface area contributed by atoms with Crippen molar-refractivity contribution < 1.29 is 32.3 Å². The lowest BCUT2D eigenvalue weighted by molar-refractivity contribution is -0.140. The molecule has 2 N–H and O–H groups in total. The van der Waals surface area contributed by atoms with Gasteiger partial charge in [-0.15, -0.1) is 0 Å². The number of esters is 1. The van der Waals surface area contributed by atoms with E-state index in [1.165, 1.54) is 25.7 Å². The van der Waals surface area contributed by atoms with Gasteiger partial charge in [0.05, 0.1) is 30.3 Å². The van der Waals surface area contributed by atoms with Gasteiger partial charge in [0.2, 0.25) is 0 Å². The standard InChI is InChI=1S/C31H46O7S/c1-4-23-13-15-24(16-14-23)28(32)20-19-26-27(9-7-5-6-8-10-31(34)37-3)30(21-29(26)33)38-39(35,36)25-17-11-22(2)12-18-25/h5,7,11-12,17-20,23-24,26-30,32-33H,4,6,8-10,13-16,21H2,1-3H3/b7-5-,20-19+/t23?,24?,26-,27-,28+,29-,30-/m1/s1. The van der Waals surface area contributed by atoms with Crippen LogP contribution in [0, 0.1) is 30.6 Å². The molecule has 0 aliphatic heterocycles. The molecule has 2 aliphatic rings. The summed E-state index contributed by atoms with van der Waals surface area (Å²) >= 11 is 0. The van der Waals surface area contributed by atoms with Gasteiger partial charge < -0.3 is 14.9 Å². The van der Waals surface area contributed by atoms with Gasteiger partial charge in [0.1, 0.15) is 0 Å². The molecule has 2 saturated carbocycles. The van der Waals surface area contributed by atoms with Crippen molar-refractivity contribution in [2.45, 2.75) is 101 Å². The first kappa shape index (κ1) is 31.5. The van der Waals surface area contributed by atoms with Gasteiger partial charge in [0, 0.05) is 18.8 Å². The molecule has 1 aromatic rings. The number of hydrogen-bond acceptors (Lipinski definition) is 7. The van der Waals surface area contributed by atoms with Crippen LogP contribution in [0.1, 0.15) is 76.7 Å². The average Bonchev–Trinajstić information content (AvgIpc) is 3.21. The minimum atomic E-state index is -4.01. The van der Waals surface area contributed by atoms with E-state index in [2.05, 4.69) is 11.7 Å². The number of aryl methyl sites for hydroxylation is 1. The van der Waals surface area contributed by atoms with E-state index in [1.807, 2.05) is 25.2 Å². The van der Waals surface area contributed by atoms with Gasteiger partial charge >= 0.3 is 5.97 Å². The van der Waals surface area contributed by atoms with Gasteiger partial charge in [-0.25, -0.2) is 0 Å². The lowest BCUT2D eigenvalue weighted by Crippen LogP contribution is -2.26. The van der Waals surface area contributed by atoms with Crippen LogP contribution in [0.2, 0.25) is 0 Å². The van der Waals surface area contributed by atoms with Crippen LogP contribution in [-0.2, 0) is 23.8 Å². The highest BCUT2D eigenvalue weighted by molar-refractivity contribution is 7.86. The molecule has 0 spiro atoms. The number of aliphatic hydroxyl groups is 2. The van der Waals surface area contributed by atoms with Crippen molar-refractivity contribution >= 4 is 16.1 Å². The Morgan fingerprint density at radius 1 is 1.13 bits per heavy atom. The monoisotopic (exact) mass is 562 g/mol. The molecule has 39 heavy (non-hydrogen) atoms. The number of carbonyl (C=O) groups is 1. The zero-order valence-corrected chi connectivity index (χ0v) is 24.4. The summed E-state index contributed by atoms with van der Waals surface area (Å²) in [6, 6.07) is 6.53. The molecule has 1 aromatic carbocycles. The normalized spacial score (nSPS) is 28.7. The van der Waals surface area contributed by atoms with Crippen molar-refractivity contribution in [2.75, 3.05) is 7.11 Å². The van der Waals surface area contributed by atoms with Crippen LogP contribution in [-0.4, -0.2) is 50.0 Å². The maximum atomic E-state index is 13.1. The molecule has 5 atom stereocenters. The van der Waals surface area contributed by atoms with Crippen molar-refractivity contribution in [2.24, 2.45) is 23.7 Å². The molecule has 0 bridgehead atoms. The Hall–Kier alpha value is -2.00. The quantitative estimate of drug-likeness (QED) is 0.142. The Kier molecular flexibility index (Phi) is 12.2. The summed E-state index contributed by atoms with van der Waals surface area (Å²) in [5, 5.41) is 21.8. The first-order valence-electron chi connectivity index (χ1n) is 14.4. The predicted octanol–water partition coefficient (Wildman–Crippen LogP) is 5.49. The first-order chi connectivity index (χ1) is 18.6. The average molecular weight is 563 g/mol. The summed E-state index contributed by atoms with van der Waals surface area (Å²) in [5.74, 6) is 0.0842. The molecular weight excluding hydrogens is 516 g/mol. The second-order valence-corrected chi connectivity index (χ2v) is 12.8. The highest BCUT2D eigenvalue weighted by Gasteiger charge is 2.43. The van der Waals surface area contributed by atoms with Crippen molar-refractivity contribution in [3.63, 3.8) is 0 Å². The zero-order valence-electron chi connectivity index (χ0n) is 23.6. The number of hydrogen-bond donors (Lipinski definition) is 2. The smallest absolute Gasteiger partial charge is 0.305 e. The Morgan fingerprint density at radius 2 is 1.82 bits per heavy atom. The topological polar surface area (TPSA) is 110 Å². The van der Waals surface area contributed by atoms with E-state index in [-0.39, 0.29) is 35.0 Å². The molecule has 0 amide bonds. The van der Waals surface area contributed by atoms with Gasteiger partial charge in [-0.2, -0.15) is 8.42 Å². The summed E-state index contributed by atoms with van der Waals surface area (Å²) in [6.07, 6.45) is 13.4. The summed E-state index contributed by atoms with van der Waals surface area (Å²) in [4.78, 5) is 11.4. The second-order valence-electron chi connectivity index (χ2n) is 11.2. The van der Waals surface area contributed by atoms with Crippen molar-refractivity contribution in [3.05, 3.63) is 54.1 Å². The number of allylic oxidation sites excluding steroid dienone is 2. The molecule has 0 heterocycles. The molecule has 0 aromatic heterocycles. The van der Waals surface area contributed by atoms with Crippen molar-refractivity contribution in [1.29, 1.82) is 0 Å². The largest absolute Gasteiger partial charge is 0.469 e. The fourth-order valence-corrected chi connectivity index (χ4v) is 7.02. The number of carbonyl (C=O) groups excluding carboxylic acids is 1. The van der Waals surface area contributed by atoms with Crippen LogP contribution < -0.4 is 0 Å². The van der Waals surface area contributed by atoms with E-state index < -0.39 is 28.4 Å². The van der Waals surface area contributed by atoms with Crippen LogP contribution >= 0.6 is 0 Å². The highest BCUT2D eigenvalue weighted by Crippen LogP contribution is 2.40. The van der Waals surface area contributed by atoms with Gasteiger partial charge in [0.15, 0.2) is 0 Å². The Labute approximate surface area is 234 Å². The van der Waals surface area contributed by atoms with Crippen LogP contribution in [0.3, 0.4) is 0 Å². The third-order valence-electron chi connectivity index (χ3n) is 8.49. The van der Waals surface area contributed by atoms with Gasteiger partial charge in [-0.1, -0.05) is 68.2 Å². The Morgan fingerprint density at radius 3 is 2.46 bits per heavy atom. The maximum Gasteiger partial charge on any atom is 0.305 e. The number of rotatable bonds is 13. The first-order valence-corrected chi connectivity index (χ1v) is 15.8. The highest BCUT2D eigenvalue weighted by atomic mass is 32.2. The summed E-state index contributed by atoms with van der Waals surface area (Å²) < 4.78 is 36.5. The maximum absolute atomic E-state index is 13.1. The molecule has 218 valence electrons. The van der Waals surface area contributed by atoms with Crippen LogP contribution in [0.4, 0.5) is 0 Å². The summed E-state index contributed by atoms with van der Waals surface area (Å²) in [6.45, 7) is 4.10. The molecule has 8 heteroatoms. The van der Waals surface area contributed by atoms with E-state index in [0.29, 0.717) is 25.7 Å². The second kappa shape index (κ2) is 15.1. The molecule has 0 saturated heterocycles. The molecule has 2 aliphatic carbocycles. The fourth-order valence-electron chi connectivity index (χ4n) is 5.89. The summed E-state index contributed by atoms with van der Waals surface area (Å²) in [5.41, 5.74) is 0.951. The molecular formula is C31H46O7S. The number of unbranched alkanes of at least 4 members (excludes halogenated alkanes) is 1. The minimum Gasteiger partial charge on any atom is -0.469 e. The van der Waals surface area contributed by atoms with Gasteiger partial charge in [-0.3, -0.25) is 8.98 Å². The zero-order chi connectivity index (χ0) is 28.4. The van der Waals surface area contributed by atoms with E-state index in [1.54, 1.807) is 18.2 Å². The fraction of sp³-hybridized carbons (Fsp3) is 0.645. The van der Waals surface area contributed by atoms with E-state index in [4.69, 9.17) is 4.18 Å². The third kappa shape index (κ3) is 9.27. The SMILES string of the molecule is CCC1CCC([C@@H](O)/C=C/[C@@H]2[C@@H](C/C=C\CCCC(=O)OC)[C@H](OS(=O)(=O)c3ccc(C)cc3)C[C@H]2O)CC1. The van der Waals surface area contributed by atoms with Crippen molar-refractivity contribution in [1.82, 2.24) is 0 Å². The van der Waals surface area contributed by atoms with Gasteiger partial charge in [0.25, 0.3) is 10.1 Å². The summed E-state index contributed by atoms with van der Waals surface area (Å²) in [7, 11) is -2.64. The van der Waals surface area contributed by atoms with E-state index in [0.717, 1.165) is 37.2 Å². The number of methoxy groups -OCH3 is 1. The molecule has 3 rings (SSSR count).